The molecule has 0 saturated heterocycles. The number of aryl methyl sites for hydroxylation is 2. The van der Waals surface area contributed by atoms with Crippen LogP contribution in [0.4, 0.5) is 11.4 Å². The first-order valence-electron chi connectivity index (χ1n) is 9.65. The molecule has 0 unspecified atom stereocenters. The molecule has 6 nitrogen and oxygen atoms in total. The second kappa shape index (κ2) is 11.2. The van der Waals surface area contributed by atoms with Gasteiger partial charge in [0.15, 0.2) is 0 Å². The van der Waals surface area contributed by atoms with Gasteiger partial charge in [-0.25, -0.2) is 5.43 Å². The molecule has 0 aromatic heterocycles. The second-order valence-electron chi connectivity index (χ2n) is 6.84. The summed E-state index contributed by atoms with van der Waals surface area (Å²) >= 11 is 6.11. The Kier molecular flexibility index (Phi) is 8.68. The van der Waals surface area contributed by atoms with Crippen LogP contribution in [0.15, 0.2) is 41.5 Å². The number of hydrogen-bond acceptors (Lipinski definition) is 4. The van der Waals surface area contributed by atoms with Crippen LogP contribution in [-0.2, 0) is 9.59 Å². The van der Waals surface area contributed by atoms with Crippen molar-refractivity contribution in [1.29, 1.82) is 0 Å². The molecule has 0 spiro atoms. The van der Waals surface area contributed by atoms with Crippen LogP contribution in [0.25, 0.3) is 0 Å². The van der Waals surface area contributed by atoms with Crippen molar-refractivity contribution in [3.63, 3.8) is 0 Å². The molecule has 0 aliphatic heterocycles. The number of halogens is 1. The lowest BCUT2D eigenvalue weighted by Crippen LogP contribution is -2.38. The number of rotatable bonds is 8. The highest BCUT2D eigenvalue weighted by atomic mass is 35.5. The summed E-state index contributed by atoms with van der Waals surface area (Å²) < 4.78 is 0. The number of benzene rings is 2. The van der Waals surface area contributed by atoms with Gasteiger partial charge in [-0.05, 0) is 55.7 Å². The van der Waals surface area contributed by atoms with Crippen LogP contribution in [0.1, 0.15) is 42.9 Å². The van der Waals surface area contributed by atoms with Crippen LogP contribution in [0.5, 0.6) is 0 Å². The van der Waals surface area contributed by atoms with Gasteiger partial charge in [-0.2, -0.15) is 5.10 Å². The summed E-state index contributed by atoms with van der Waals surface area (Å²) in [5.74, 6) is -1.50. The minimum atomic E-state index is -0.802. The highest BCUT2D eigenvalue weighted by Crippen LogP contribution is 2.26. The predicted molar refractivity (Wildman–Crippen MR) is 119 cm³/mol. The standard InChI is InChI=1S/C22H27ClN4O2/c1-4-5-6-11-24-21(28)22(29)27-25-14-17-13-18(23)9-10-19(17)26-20-12-15(2)7-8-16(20)3/h7-10,12-14,26H,4-6,11H2,1-3H3,(H,24,28)(H,27,29)/b25-14-. The molecule has 2 aromatic rings. The van der Waals surface area contributed by atoms with Crippen molar-refractivity contribution in [3.8, 4) is 0 Å². The number of carbonyl (C=O) groups is 2. The Balaban J connectivity index is 2.04. The van der Waals surface area contributed by atoms with E-state index in [1.165, 1.54) is 6.21 Å². The van der Waals surface area contributed by atoms with Crippen LogP contribution >= 0.6 is 11.6 Å². The topological polar surface area (TPSA) is 82.6 Å². The quantitative estimate of drug-likeness (QED) is 0.258. The third-order valence-corrected chi connectivity index (χ3v) is 4.55. The predicted octanol–water partition coefficient (Wildman–Crippen LogP) is 4.46. The molecular formula is C22H27ClN4O2. The van der Waals surface area contributed by atoms with Gasteiger partial charge in [-0.3, -0.25) is 9.59 Å². The van der Waals surface area contributed by atoms with Crippen molar-refractivity contribution in [3.05, 3.63) is 58.1 Å². The van der Waals surface area contributed by atoms with Crippen LogP contribution in [0.2, 0.25) is 5.02 Å². The molecule has 2 rings (SSSR count). The monoisotopic (exact) mass is 414 g/mol. The van der Waals surface area contributed by atoms with E-state index in [1.54, 1.807) is 12.1 Å². The number of anilines is 2. The van der Waals surface area contributed by atoms with E-state index in [0.29, 0.717) is 17.1 Å². The van der Waals surface area contributed by atoms with Crippen molar-refractivity contribution in [1.82, 2.24) is 10.7 Å². The number of nitrogens with one attached hydrogen (secondary N) is 3. The third kappa shape index (κ3) is 7.23. The molecule has 3 N–H and O–H groups in total. The summed E-state index contributed by atoms with van der Waals surface area (Å²) in [6.45, 7) is 6.59. The van der Waals surface area contributed by atoms with E-state index in [2.05, 4.69) is 34.2 Å². The van der Waals surface area contributed by atoms with E-state index in [-0.39, 0.29) is 0 Å². The largest absolute Gasteiger partial charge is 0.355 e. The molecule has 0 fully saturated rings. The zero-order valence-electron chi connectivity index (χ0n) is 17.0. The normalized spacial score (nSPS) is 10.8. The van der Waals surface area contributed by atoms with E-state index in [0.717, 1.165) is 41.8 Å². The highest BCUT2D eigenvalue weighted by molar-refractivity contribution is 6.35. The Morgan fingerprint density at radius 2 is 1.83 bits per heavy atom. The lowest BCUT2D eigenvalue weighted by Gasteiger charge is -2.13. The zero-order chi connectivity index (χ0) is 21.2. The van der Waals surface area contributed by atoms with Crippen LogP contribution in [-0.4, -0.2) is 24.6 Å². The van der Waals surface area contributed by atoms with Gasteiger partial charge in [0, 0.05) is 28.5 Å². The molecule has 2 amide bonds. The van der Waals surface area contributed by atoms with Gasteiger partial charge in [0.1, 0.15) is 0 Å². The molecular weight excluding hydrogens is 388 g/mol. The Labute approximate surface area is 176 Å². The number of unbranched alkanes of at least 4 members (excludes halogenated alkanes) is 2. The average Bonchev–Trinajstić information content (AvgIpc) is 2.69. The minimum Gasteiger partial charge on any atom is -0.355 e. The highest BCUT2D eigenvalue weighted by Gasteiger charge is 2.11. The van der Waals surface area contributed by atoms with Crippen molar-refractivity contribution < 1.29 is 9.59 Å². The Hall–Kier alpha value is -2.86. The summed E-state index contributed by atoms with van der Waals surface area (Å²) in [7, 11) is 0. The second-order valence-corrected chi connectivity index (χ2v) is 7.27. The van der Waals surface area contributed by atoms with Crippen molar-refractivity contribution in [2.45, 2.75) is 40.0 Å². The van der Waals surface area contributed by atoms with E-state index < -0.39 is 11.8 Å². The third-order valence-electron chi connectivity index (χ3n) is 4.32. The first-order valence-corrected chi connectivity index (χ1v) is 10.0. The van der Waals surface area contributed by atoms with E-state index in [9.17, 15) is 9.59 Å². The first kappa shape index (κ1) is 22.4. The molecule has 0 radical (unpaired) electrons. The lowest BCUT2D eigenvalue weighted by molar-refractivity contribution is -0.139. The Bertz CT molecular complexity index is 896. The maximum absolute atomic E-state index is 11.8. The molecule has 0 aliphatic rings. The van der Waals surface area contributed by atoms with Crippen LogP contribution in [0, 0.1) is 13.8 Å². The molecule has 0 saturated carbocycles. The van der Waals surface area contributed by atoms with Gasteiger partial charge < -0.3 is 10.6 Å². The van der Waals surface area contributed by atoms with Gasteiger partial charge in [-0.1, -0.05) is 43.5 Å². The van der Waals surface area contributed by atoms with Crippen LogP contribution in [0.3, 0.4) is 0 Å². The Morgan fingerprint density at radius 1 is 1.03 bits per heavy atom. The fraction of sp³-hybridized carbons (Fsp3) is 0.318. The number of carbonyl (C=O) groups excluding carboxylic acids is 2. The maximum Gasteiger partial charge on any atom is 0.329 e. The maximum atomic E-state index is 11.8. The number of hydrazone groups is 1. The molecule has 7 heteroatoms. The van der Waals surface area contributed by atoms with Crippen molar-refractivity contribution in [2.24, 2.45) is 5.10 Å². The zero-order valence-corrected chi connectivity index (χ0v) is 17.8. The smallest absolute Gasteiger partial charge is 0.329 e. The molecule has 0 aliphatic carbocycles. The number of hydrogen-bond donors (Lipinski definition) is 3. The van der Waals surface area contributed by atoms with Gasteiger partial charge >= 0.3 is 11.8 Å². The molecule has 0 atom stereocenters. The van der Waals surface area contributed by atoms with E-state index in [4.69, 9.17) is 11.6 Å². The summed E-state index contributed by atoms with van der Waals surface area (Å²) in [5.41, 5.74) is 6.92. The molecule has 0 bridgehead atoms. The van der Waals surface area contributed by atoms with Gasteiger partial charge in [0.25, 0.3) is 0 Å². The van der Waals surface area contributed by atoms with Gasteiger partial charge in [0.2, 0.25) is 0 Å². The van der Waals surface area contributed by atoms with Crippen molar-refractivity contribution in [2.75, 3.05) is 11.9 Å². The fourth-order valence-corrected chi connectivity index (χ4v) is 2.82. The number of amides is 2. The van der Waals surface area contributed by atoms with Crippen molar-refractivity contribution >= 4 is 41.0 Å². The lowest BCUT2D eigenvalue weighted by atomic mass is 10.1. The summed E-state index contributed by atoms with van der Waals surface area (Å²) in [6, 6.07) is 11.5. The first-order chi connectivity index (χ1) is 13.9. The van der Waals surface area contributed by atoms with Gasteiger partial charge in [-0.15, -0.1) is 0 Å². The van der Waals surface area contributed by atoms with E-state index >= 15 is 0 Å². The summed E-state index contributed by atoms with van der Waals surface area (Å²) in [6.07, 6.45) is 4.35. The molecule has 2 aromatic carbocycles. The summed E-state index contributed by atoms with van der Waals surface area (Å²) in [5, 5.41) is 10.4. The van der Waals surface area contributed by atoms with E-state index in [1.807, 2.05) is 32.0 Å². The van der Waals surface area contributed by atoms with Gasteiger partial charge in [0.05, 0.1) is 6.21 Å². The molecule has 154 valence electrons. The number of nitrogens with zero attached hydrogens (tertiary/aromatic N) is 1. The molecule has 0 heterocycles. The molecule has 29 heavy (non-hydrogen) atoms. The SMILES string of the molecule is CCCCCNC(=O)C(=O)N/N=C\c1cc(Cl)ccc1Nc1cc(C)ccc1C. The minimum absolute atomic E-state index is 0.474. The van der Waals surface area contributed by atoms with Crippen LogP contribution < -0.4 is 16.1 Å². The summed E-state index contributed by atoms with van der Waals surface area (Å²) in [4.78, 5) is 23.6. The fourth-order valence-electron chi connectivity index (χ4n) is 2.64. The Morgan fingerprint density at radius 3 is 2.59 bits per heavy atom. The average molecular weight is 415 g/mol.